The number of nitrogen functional groups attached to an aromatic ring is 1. The van der Waals surface area contributed by atoms with E-state index in [2.05, 4.69) is 31.2 Å². The summed E-state index contributed by atoms with van der Waals surface area (Å²) in [4.78, 5) is 8.17. The topological polar surface area (TPSA) is 84.1 Å². The van der Waals surface area contributed by atoms with Gasteiger partial charge in [0.25, 0.3) is 0 Å². The molecule has 2 rings (SSSR count). The highest BCUT2D eigenvalue weighted by Gasteiger charge is 2.30. The van der Waals surface area contributed by atoms with Crippen molar-refractivity contribution in [2.24, 2.45) is 0 Å². The Morgan fingerprint density at radius 1 is 1.44 bits per heavy atom. The van der Waals surface area contributed by atoms with E-state index in [1.807, 2.05) is 0 Å². The molecule has 0 spiro atoms. The minimum Gasteiger partial charge on any atom is -0.388 e. The summed E-state index contributed by atoms with van der Waals surface area (Å²) >= 11 is 3.25. The summed E-state index contributed by atoms with van der Waals surface area (Å²) in [5, 5.41) is 13.2. The van der Waals surface area contributed by atoms with Gasteiger partial charge < -0.3 is 16.2 Å². The van der Waals surface area contributed by atoms with Gasteiger partial charge in [-0.25, -0.2) is 4.98 Å². The van der Waals surface area contributed by atoms with E-state index < -0.39 is 5.60 Å². The third kappa shape index (κ3) is 2.82. The van der Waals surface area contributed by atoms with Crippen molar-refractivity contribution in [2.45, 2.75) is 31.3 Å². The molecular weight excluding hydrogens is 272 g/mol. The monoisotopic (exact) mass is 286 g/mol. The Labute approximate surface area is 103 Å². The fraction of sp³-hybridized carbons (Fsp3) is 0.600. The van der Waals surface area contributed by atoms with Crippen molar-refractivity contribution in [1.29, 1.82) is 0 Å². The van der Waals surface area contributed by atoms with Crippen molar-refractivity contribution in [3.05, 3.63) is 10.7 Å². The van der Waals surface area contributed by atoms with Gasteiger partial charge in [-0.1, -0.05) is 12.8 Å². The largest absolute Gasteiger partial charge is 0.388 e. The number of aromatic nitrogens is 2. The first-order valence-electron chi connectivity index (χ1n) is 5.34. The molecule has 0 aliphatic heterocycles. The number of aliphatic hydroxyl groups is 1. The lowest BCUT2D eigenvalue weighted by atomic mass is 10.0. The summed E-state index contributed by atoms with van der Waals surface area (Å²) in [6.07, 6.45) is 3.84. The second-order valence-corrected chi connectivity index (χ2v) is 5.04. The lowest BCUT2D eigenvalue weighted by Gasteiger charge is -2.22. The van der Waals surface area contributed by atoms with Crippen molar-refractivity contribution in [3.8, 4) is 0 Å². The molecule has 4 N–H and O–H groups in total. The SMILES string of the molecule is Nc1cc(Br)nc(NCC2(O)CCCC2)n1. The van der Waals surface area contributed by atoms with Crippen LogP contribution in [0.25, 0.3) is 0 Å². The van der Waals surface area contributed by atoms with Gasteiger partial charge in [0.05, 0.1) is 5.60 Å². The zero-order valence-corrected chi connectivity index (χ0v) is 10.5. The van der Waals surface area contributed by atoms with Gasteiger partial charge in [-0.3, -0.25) is 0 Å². The first kappa shape index (κ1) is 11.6. The van der Waals surface area contributed by atoms with Gasteiger partial charge in [0, 0.05) is 12.6 Å². The lowest BCUT2D eigenvalue weighted by Crippen LogP contribution is -2.34. The molecule has 0 radical (unpaired) electrons. The molecule has 1 aliphatic rings. The summed E-state index contributed by atoms with van der Waals surface area (Å²) in [6, 6.07) is 1.63. The van der Waals surface area contributed by atoms with E-state index in [9.17, 15) is 5.11 Å². The van der Waals surface area contributed by atoms with Gasteiger partial charge in [0.2, 0.25) is 5.95 Å². The molecule has 16 heavy (non-hydrogen) atoms. The van der Waals surface area contributed by atoms with Crippen LogP contribution in [0.3, 0.4) is 0 Å². The average molecular weight is 287 g/mol. The van der Waals surface area contributed by atoms with Crippen LogP contribution in [0, 0.1) is 0 Å². The molecule has 5 nitrogen and oxygen atoms in total. The highest BCUT2D eigenvalue weighted by atomic mass is 79.9. The highest BCUT2D eigenvalue weighted by Crippen LogP contribution is 2.29. The van der Waals surface area contributed by atoms with Gasteiger partial charge in [-0.05, 0) is 28.8 Å². The molecule has 1 aromatic heterocycles. The molecule has 0 amide bonds. The number of nitrogens with one attached hydrogen (secondary N) is 1. The predicted octanol–water partition coefficient (Wildman–Crippen LogP) is 1.54. The first-order valence-corrected chi connectivity index (χ1v) is 6.13. The normalized spacial score (nSPS) is 18.6. The van der Waals surface area contributed by atoms with Crippen LogP contribution in [0.2, 0.25) is 0 Å². The summed E-state index contributed by atoms with van der Waals surface area (Å²) in [7, 11) is 0. The van der Waals surface area contributed by atoms with Crippen molar-refractivity contribution >= 4 is 27.7 Å². The molecule has 1 aromatic rings. The molecular formula is C10H15BrN4O. The summed E-state index contributed by atoms with van der Waals surface area (Å²) in [5.74, 6) is 0.856. The molecule has 1 aliphatic carbocycles. The zero-order chi connectivity index (χ0) is 11.6. The number of halogens is 1. The Balaban J connectivity index is 1.98. The van der Waals surface area contributed by atoms with Crippen LogP contribution in [-0.2, 0) is 0 Å². The Bertz CT molecular complexity index is 359. The third-order valence-corrected chi connectivity index (χ3v) is 3.23. The van der Waals surface area contributed by atoms with E-state index in [1.54, 1.807) is 6.07 Å². The minimum absolute atomic E-state index is 0.405. The first-order chi connectivity index (χ1) is 7.57. The lowest BCUT2D eigenvalue weighted by molar-refractivity contribution is 0.0613. The number of hydrogen-bond donors (Lipinski definition) is 3. The molecule has 0 aromatic carbocycles. The Morgan fingerprint density at radius 2 is 2.12 bits per heavy atom. The van der Waals surface area contributed by atoms with Crippen LogP contribution >= 0.6 is 15.9 Å². The van der Waals surface area contributed by atoms with Gasteiger partial charge >= 0.3 is 0 Å². The van der Waals surface area contributed by atoms with Crippen LogP contribution in [0.5, 0.6) is 0 Å². The zero-order valence-electron chi connectivity index (χ0n) is 8.91. The Kier molecular flexibility index (Phi) is 3.30. The van der Waals surface area contributed by atoms with Gasteiger partial charge in [0.1, 0.15) is 10.4 Å². The molecule has 0 saturated heterocycles. The van der Waals surface area contributed by atoms with E-state index in [0.29, 0.717) is 22.9 Å². The van der Waals surface area contributed by atoms with E-state index in [-0.39, 0.29) is 0 Å². The maximum Gasteiger partial charge on any atom is 0.225 e. The average Bonchev–Trinajstić information content (AvgIpc) is 2.62. The summed E-state index contributed by atoms with van der Waals surface area (Å²) in [5.41, 5.74) is 4.98. The van der Waals surface area contributed by atoms with Gasteiger partial charge in [-0.2, -0.15) is 4.98 Å². The van der Waals surface area contributed by atoms with Crippen molar-refractivity contribution < 1.29 is 5.11 Å². The van der Waals surface area contributed by atoms with E-state index in [1.165, 1.54) is 0 Å². The standard InChI is InChI=1S/C10H15BrN4O/c11-7-5-8(12)15-9(14-7)13-6-10(16)3-1-2-4-10/h5,16H,1-4,6H2,(H3,12,13,14,15). The number of nitrogens with zero attached hydrogens (tertiary/aromatic N) is 2. The van der Waals surface area contributed by atoms with Crippen molar-refractivity contribution in [1.82, 2.24) is 9.97 Å². The van der Waals surface area contributed by atoms with Crippen LogP contribution < -0.4 is 11.1 Å². The number of anilines is 2. The number of hydrogen-bond acceptors (Lipinski definition) is 5. The molecule has 1 heterocycles. The van der Waals surface area contributed by atoms with E-state index >= 15 is 0 Å². The predicted molar refractivity (Wildman–Crippen MR) is 66.1 cm³/mol. The summed E-state index contributed by atoms with van der Waals surface area (Å²) < 4.78 is 0.640. The highest BCUT2D eigenvalue weighted by molar-refractivity contribution is 9.10. The van der Waals surface area contributed by atoms with Crippen LogP contribution in [-0.4, -0.2) is 27.2 Å². The molecule has 0 unspecified atom stereocenters. The second-order valence-electron chi connectivity index (χ2n) is 4.22. The molecule has 6 heteroatoms. The van der Waals surface area contributed by atoms with Gasteiger partial charge in [0.15, 0.2) is 0 Å². The molecule has 1 saturated carbocycles. The fourth-order valence-corrected chi connectivity index (χ4v) is 2.37. The molecule has 0 atom stereocenters. The Hall–Kier alpha value is -0.880. The van der Waals surface area contributed by atoms with Crippen molar-refractivity contribution in [3.63, 3.8) is 0 Å². The molecule has 0 bridgehead atoms. The maximum absolute atomic E-state index is 10.1. The summed E-state index contributed by atoms with van der Waals surface area (Å²) in [6.45, 7) is 0.475. The molecule has 88 valence electrons. The van der Waals surface area contributed by atoms with Crippen LogP contribution in [0.4, 0.5) is 11.8 Å². The minimum atomic E-state index is -0.611. The quantitative estimate of drug-likeness (QED) is 0.734. The third-order valence-electron chi connectivity index (χ3n) is 2.82. The number of nitrogens with two attached hydrogens (primary N) is 1. The Morgan fingerprint density at radius 3 is 2.75 bits per heavy atom. The van der Waals surface area contributed by atoms with Crippen molar-refractivity contribution in [2.75, 3.05) is 17.6 Å². The molecule has 1 fully saturated rings. The van der Waals surface area contributed by atoms with Gasteiger partial charge in [-0.15, -0.1) is 0 Å². The van der Waals surface area contributed by atoms with Crippen LogP contribution in [0.15, 0.2) is 10.7 Å². The van der Waals surface area contributed by atoms with E-state index in [0.717, 1.165) is 25.7 Å². The van der Waals surface area contributed by atoms with E-state index in [4.69, 9.17) is 5.73 Å². The second kappa shape index (κ2) is 4.55. The van der Waals surface area contributed by atoms with Crippen LogP contribution in [0.1, 0.15) is 25.7 Å². The fourth-order valence-electron chi connectivity index (χ4n) is 1.97. The number of rotatable bonds is 3. The smallest absolute Gasteiger partial charge is 0.225 e. The maximum atomic E-state index is 10.1.